The van der Waals surface area contributed by atoms with Crippen molar-refractivity contribution in [3.05, 3.63) is 132 Å². The Kier molecular flexibility index (Phi) is 4.77. The van der Waals surface area contributed by atoms with Crippen molar-refractivity contribution in [2.24, 2.45) is 0 Å². The predicted molar refractivity (Wildman–Crippen MR) is 164 cm³/mol. The Hall–Kier alpha value is -4.47. The predicted octanol–water partition coefficient (Wildman–Crippen LogP) is 9.86. The Bertz CT molecular complexity index is 2040. The number of fused-ring (bicyclic) bond motifs is 5. The van der Waals surface area contributed by atoms with Crippen molar-refractivity contribution in [3.8, 4) is 44.8 Å². The Balaban J connectivity index is 1.21. The van der Waals surface area contributed by atoms with E-state index in [0.29, 0.717) is 0 Å². The molecule has 0 unspecified atom stereocenters. The topological polar surface area (TPSA) is 17.3 Å². The fourth-order valence-electron chi connectivity index (χ4n) is 6.30. The van der Waals surface area contributed by atoms with E-state index in [1.165, 1.54) is 49.7 Å². The first-order chi connectivity index (χ1) is 19.1. The smallest absolute Gasteiger partial charge is 0.194 e. The minimum Gasteiger partial charge on any atom is -0.290 e. The maximum atomic E-state index is 5.06. The summed E-state index contributed by atoms with van der Waals surface area (Å²) in [4.78, 5) is 6.07. The summed E-state index contributed by atoms with van der Waals surface area (Å²) in [6, 6.07) is 39.9. The van der Waals surface area contributed by atoms with Gasteiger partial charge in [-0.15, -0.1) is 11.3 Å². The molecule has 2 nitrogen and oxygen atoms in total. The lowest BCUT2D eigenvalue weighted by Gasteiger charge is -2.22. The van der Waals surface area contributed by atoms with Crippen LogP contribution in [0.4, 0.5) is 0 Å². The highest BCUT2D eigenvalue weighted by Gasteiger charge is 2.35. The molecule has 0 atom stereocenters. The molecule has 1 aliphatic carbocycles. The maximum Gasteiger partial charge on any atom is 0.194 e. The largest absolute Gasteiger partial charge is 0.290 e. The zero-order valence-electron chi connectivity index (χ0n) is 21.8. The number of imidazole rings is 1. The monoisotopic (exact) mass is 518 g/mol. The molecule has 0 radical (unpaired) electrons. The third kappa shape index (κ3) is 3.36. The van der Waals surface area contributed by atoms with Gasteiger partial charge in [-0.25, -0.2) is 4.98 Å². The van der Waals surface area contributed by atoms with E-state index in [-0.39, 0.29) is 5.41 Å². The van der Waals surface area contributed by atoms with Gasteiger partial charge in [0, 0.05) is 28.1 Å². The van der Waals surface area contributed by atoms with Gasteiger partial charge in [0.2, 0.25) is 0 Å². The molecule has 0 aliphatic heterocycles. The molecule has 0 saturated carbocycles. The van der Waals surface area contributed by atoms with E-state index in [0.717, 1.165) is 21.9 Å². The molecule has 186 valence electrons. The van der Waals surface area contributed by atoms with Crippen LogP contribution < -0.4 is 0 Å². The summed E-state index contributed by atoms with van der Waals surface area (Å²) in [6.07, 6.45) is 2.13. The number of hydrogen-bond acceptors (Lipinski definition) is 2. The standard InChI is InChI=1S/C36H26N2S/c1-36(2)31-10-6-5-9-29(31)30-18-17-27(22-32(30)36)24-11-14-25(15-12-24)34-33(37-35-38(34)19-20-39-35)28-16-13-23-7-3-4-8-26(23)21-28/h3-22H,1-2H3. The second kappa shape index (κ2) is 8.26. The minimum atomic E-state index is -0.00120. The molecule has 0 saturated heterocycles. The fraction of sp³-hybridized carbons (Fsp3) is 0.0833. The Morgan fingerprint density at radius 3 is 2.18 bits per heavy atom. The lowest BCUT2D eigenvalue weighted by atomic mass is 9.81. The number of hydrogen-bond donors (Lipinski definition) is 0. The average molecular weight is 519 g/mol. The van der Waals surface area contributed by atoms with Gasteiger partial charge in [0.1, 0.15) is 0 Å². The molecule has 5 aromatic carbocycles. The van der Waals surface area contributed by atoms with E-state index in [9.17, 15) is 0 Å². The fourth-order valence-corrected chi connectivity index (χ4v) is 7.02. The zero-order valence-corrected chi connectivity index (χ0v) is 22.7. The van der Waals surface area contributed by atoms with Gasteiger partial charge in [0.25, 0.3) is 0 Å². The van der Waals surface area contributed by atoms with Gasteiger partial charge < -0.3 is 0 Å². The lowest BCUT2D eigenvalue weighted by Crippen LogP contribution is -2.14. The molecule has 8 rings (SSSR count). The van der Waals surface area contributed by atoms with E-state index in [4.69, 9.17) is 4.98 Å². The van der Waals surface area contributed by atoms with Crippen LogP contribution in [0.2, 0.25) is 0 Å². The molecule has 0 spiro atoms. The van der Waals surface area contributed by atoms with E-state index in [1.54, 1.807) is 11.3 Å². The summed E-state index contributed by atoms with van der Waals surface area (Å²) >= 11 is 1.67. The van der Waals surface area contributed by atoms with Crippen molar-refractivity contribution in [2.75, 3.05) is 0 Å². The highest BCUT2D eigenvalue weighted by atomic mass is 32.1. The van der Waals surface area contributed by atoms with Crippen molar-refractivity contribution in [1.82, 2.24) is 9.38 Å². The van der Waals surface area contributed by atoms with Crippen LogP contribution in [0.5, 0.6) is 0 Å². The molecule has 0 N–H and O–H groups in total. The van der Waals surface area contributed by atoms with Crippen molar-refractivity contribution < 1.29 is 0 Å². The van der Waals surface area contributed by atoms with Gasteiger partial charge in [-0.05, 0) is 56.3 Å². The van der Waals surface area contributed by atoms with Crippen LogP contribution >= 0.6 is 11.3 Å². The van der Waals surface area contributed by atoms with Gasteiger partial charge in [0.15, 0.2) is 4.96 Å². The Morgan fingerprint density at radius 2 is 1.31 bits per heavy atom. The summed E-state index contributed by atoms with van der Waals surface area (Å²) in [5, 5.41) is 4.58. The molecule has 0 amide bonds. The van der Waals surface area contributed by atoms with E-state index >= 15 is 0 Å². The van der Waals surface area contributed by atoms with Crippen molar-refractivity contribution in [3.63, 3.8) is 0 Å². The van der Waals surface area contributed by atoms with Gasteiger partial charge in [-0.1, -0.05) is 111 Å². The van der Waals surface area contributed by atoms with Gasteiger partial charge in [0.05, 0.1) is 11.4 Å². The molecule has 39 heavy (non-hydrogen) atoms. The summed E-state index contributed by atoms with van der Waals surface area (Å²) in [5.74, 6) is 0. The molecular formula is C36H26N2S. The summed E-state index contributed by atoms with van der Waals surface area (Å²) in [6.45, 7) is 4.68. The third-order valence-corrected chi connectivity index (χ3v) is 9.12. The van der Waals surface area contributed by atoms with Crippen LogP contribution in [0.1, 0.15) is 25.0 Å². The average Bonchev–Trinajstić information content (AvgIpc) is 3.64. The number of rotatable bonds is 3. The first-order valence-corrected chi connectivity index (χ1v) is 14.3. The second-order valence-corrected chi connectivity index (χ2v) is 11.8. The van der Waals surface area contributed by atoms with Crippen LogP contribution in [-0.4, -0.2) is 9.38 Å². The Labute approximate surface area is 231 Å². The van der Waals surface area contributed by atoms with E-state index in [1.807, 2.05) is 0 Å². The maximum absolute atomic E-state index is 5.06. The summed E-state index contributed by atoms with van der Waals surface area (Å²) < 4.78 is 2.22. The molecule has 2 aromatic heterocycles. The van der Waals surface area contributed by atoms with Crippen molar-refractivity contribution in [2.45, 2.75) is 19.3 Å². The van der Waals surface area contributed by atoms with Gasteiger partial charge in [-0.3, -0.25) is 4.40 Å². The highest BCUT2D eigenvalue weighted by Crippen LogP contribution is 2.49. The lowest BCUT2D eigenvalue weighted by molar-refractivity contribution is 0.660. The highest BCUT2D eigenvalue weighted by molar-refractivity contribution is 7.15. The molecule has 0 bridgehead atoms. The molecule has 2 heterocycles. The Morgan fingerprint density at radius 1 is 0.615 bits per heavy atom. The van der Waals surface area contributed by atoms with Crippen molar-refractivity contribution >= 4 is 27.1 Å². The first kappa shape index (κ1) is 22.5. The molecule has 1 aliphatic rings. The number of benzene rings is 5. The second-order valence-electron chi connectivity index (χ2n) is 10.9. The minimum absolute atomic E-state index is 0.00120. The number of nitrogens with zero attached hydrogens (tertiary/aromatic N) is 2. The van der Waals surface area contributed by atoms with Crippen molar-refractivity contribution in [1.29, 1.82) is 0 Å². The van der Waals surface area contributed by atoms with Crippen LogP contribution in [0.15, 0.2) is 121 Å². The number of thiazole rings is 1. The first-order valence-electron chi connectivity index (χ1n) is 13.4. The normalized spacial score (nSPS) is 13.6. The molecular weight excluding hydrogens is 492 g/mol. The van der Waals surface area contributed by atoms with Crippen LogP contribution in [0.3, 0.4) is 0 Å². The van der Waals surface area contributed by atoms with E-state index in [2.05, 4.69) is 139 Å². The molecule has 0 fully saturated rings. The van der Waals surface area contributed by atoms with Gasteiger partial charge in [-0.2, -0.15) is 0 Å². The quantitative estimate of drug-likeness (QED) is 0.227. The third-order valence-electron chi connectivity index (χ3n) is 8.36. The van der Waals surface area contributed by atoms with Gasteiger partial charge >= 0.3 is 0 Å². The summed E-state index contributed by atoms with van der Waals surface area (Å²) in [5.41, 5.74) is 12.5. The van der Waals surface area contributed by atoms with E-state index < -0.39 is 0 Å². The molecule has 3 heteroatoms. The SMILES string of the molecule is CC1(C)c2ccccc2-c2ccc(-c3ccc(-c4c(-c5ccc6ccccc6c5)nc5sccn45)cc3)cc21. The van der Waals surface area contributed by atoms with Crippen LogP contribution in [0.25, 0.3) is 60.5 Å². The summed E-state index contributed by atoms with van der Waals surface area (Å²) in [7, 11) is 0. The zero-order chi connectivity index (χ0) is 26.1. The van der Waals surface area contributed by atoms with Crippen LogP contribution in [-0.2, 0) is 5.41 Å². The van der Waals surface area contributed by atoms with Crippen LogP contribution in [0, 0.1) is 0 Å². The number of aromatic nitrogens is 2. The molecule has 7 aromatic rings.